The number of piperazine rings is 1. The Morgan fingerprint density at radius 2 is 1.63 bits per heavy atom. The Bertz CT molecular complexity index is 1150. The molecule has 1 aliphatic rings. The molecule has 2 aromatic carbocycles. The van der Waals surface area contributed by atoms with E-state index in [4.69, 9.17) is 4.74 Å². The van der Waals surface area contributed by atoms with E-state index in [0.717, 1.165) is 42.8 Å². The summed E-state index contributed by atoms with van der Waals surface area (Å²) in [5.41, 5.74) is 2.22. The Morgan fingerprint density at radius 1 is 0.943 bits per heavy atom. The number of amides is 1. The van der Waals surface area contributed by atoms with Gasteiger partial charge in [0.25, 0.3) is 0 Å². The van der Waals surface area contributed by atoms with Crippen LogP contribution in [-0.2, 0) is 9.53 Å². The number of hydrogen-bond acceptors (Lipinski definition) is 9. The SMILES string of the molecule is COC(=O)c1ccc(NC(=O)CSc2cc(N3CCN(c4ccc(OC)cc4)CC3)ncn2)cc1. The molecular formula is C25H27N5O4S. The van der Waals surface area contributed by atoms with Crippen molar-refractivity contribution >= 4 is 40.8 Å². The fraction of sp³-hybridized carbons (Fsp3) is 0.280. The van der Waals surface area contributed by atoms with Crippen LogP contribution in [0, 0.1) is 0 Å². The molecule has 1 amide bonds. The summed E-state index contributed by atoms with van der Waals surface area (Å²) in [6, 6.07) is 16.6. The van der Waals surface area contributed by atoms with Crippen molar-refractivity contribution in [3.8, 4) is 5.75 Å². The van der Waals surface area contributed by atoms with Gasteiger partial charge in [0.2, 0.25) is 5.91 Å². The van der Waals surface area contributed by atoms with Crippen molar-refractivity contribution in [2.45, 2.75) is 5.03 Å². The van der Waals surface area contributed by atoms with Crippen molar-refractivity contribution in [2.24, 2.45) is 0 Å². The number of methoxy groups -OCH3 is 2. The third kappa shape index (κ3) is 6.42. The van der Waals surface area contributed by atoms with Crippen LogP contribution in [0.4, 0.5) is 17.2 Å². The first kappa shape index (κ1) is 24.3. The maximum atomic E-state index is 12.4. The number of nitrogens with zero attached hydrogens (tertiary/aromatic N) is 4. The van der Waals surface area contributed by atoms with Gasteiger partial charge < -0.3 is 24.6 Å². The van der Waals surface area contributed by atoms with Crippen LogP contribution in [0.15, 0.2) is 66.0 Å². The Morgan fingerprint density at radius 3 is 2.29 bits per heavy atom. The minimum atomic E-state index is -0.417. The van der Waals surface area contributed by atoms with E-state index < -0.39 is 5.97 Å². The average molecular weight is 494 g/mol. The van der Waals surface area contributed by atoms with Gasteiger partial charge in [-0.2, -0.15) is 0 Å². The topological polar surface area (TPSA) is 96.9 Å². The van der Waals surface area contributed by atoms with Crippen molar-refractivity contribution in [1.82, 2.24) is 9.97 Å². The second kappa shape index (κ2) is 11.6. The first-order chi connectivity index (χ1) is 17.1. The lowest BCUT2D eigenvalue weighted by molar-refractivity contribution is -0.113. The summed E-state index contributed by atoms with van der Waals surface area (Å²) in [5.74, 6) is 1.34. The molecular weight excluding hydrogens is 466 g/mol. The molecule has 1 aromatic heterocycles. The quantitative estimate of drug-likeness (QED) is 0.288. The Labute approximate surface area is 208 Å². The monoisotopic (exact) mass is 493 g/mol. The molecule has 3 aromatic rings. The van der Waals surface area contributed by atoms with Gasteiger partial charge in [-0.05, 0) is 48.5 Å². The number of thioether (sulfide) groups is 1. The molecule has 1 fully saturated rings. The Kier molecular flexibility index (Phi) is 8.04. The van der Waals surface area contributed by atoms with Crippen LogP contribution < -0.4 is 19.9 Å². The van der Waals surface area contributed by atoms with E-state index in [1.165, 1.54) is 30.9 Å². The third-order valence-electron chi connectivity index (χ3n) is 5.61. The lowest BCUT2D eigenvalue weighted by Gasteiger charge is -2.36. The molecule has 0 atom stereocenters. The van der Waals surface area contributed by atoms with Crippen LogP contribution in [0.1, 0.15) is 10.4 Å². The fourth-order valence-electron chi connectivity index (χ4n) is 3.71. The lowest BCUT2D eigenvalue weighted by Crippen LogP contribution is -2.46. The molecule has 0 aliphatic carbocycles. The van der Waals surface area contributed by atoms with Crippen molar-refractivity contribution in [2.75, 3.05) is 61.3 Å². The third-order valence-corrected chi connectivity index (χ3v) is 6.54. The molecule has 10 heteroatoms. The van der Waals surface area contributed by atoms with E-state index in [1.807, 2.05) is 18.2 Å². The molecule has 4 rings (SSSR count). The van der Waals surface area contributed by atoms with Crippen LogP contribution in [0.25, 0.3) is 0 Å². The molecule has 0 unspecified atom stereocenters. The number of aromatic nitrogens is 2. The van der Waals surface area contributed by atoms with Gasteiger partial charge in [0.1, 0.15) is 22.9 Å². The fourth-order valence-corrected chi connectivity index (χ4v) is 4.37. The lowest BCUT2D eigenvalue weighted by atomic mass is 10.2. The number of rotatable bonds is 8. The number of anilines is 3. The van der Waals surface area contributed by atoms with Gasteiger partial charge in [-0.1, -0.05) is 11.8 Å². The van der Waals surface area contributed by atoms with Gasteiger partial charge in [-0.25, -0.2) is 14.8 Å². The summed E-state index contributed by atoms with van der Waals surface area (Å²) in [6.07, 6.45) is 1.54. The number of ether oxygens (including phenoxy) is 2. The standard InChI is InChI=1S/C25H27N5O4S/c1-33-21-9-7-20(8-10-21)29-11-13-30(14-12-29)22-15-24(27-17-26-22)35-16-23(31)28-19-5-3-18(4-6-19)25(32)34-2/h3-10,15,17H,11-14,16H2,1-2H3,(H,28,31). The summed E-state index contributed by atoms with van der Waals surface area (Å²) >= 11 is 1.35. The molecule has 0 radical (unpaired) electrons. The van der Waals surface area contributed by atoms with E-state index in [1.54, 1.807) is 31.4 Å². The first-order valence-electron chi connectivity index (χ1n) is 11.1. The predicted octanol–water partition coefficient (Wildman–Crippen LogP) is 3.33. The number of nitrogens with one attached hydrogen (secondary N) is 1. The molecule has 0 spiro atoms. The van der Waals surface area contributed by atoms with E-state index in [-0.39, 0.29) is 11.7 Å². The molecule has 182 valence electrons. The summed E-state index contributed by atoms with van der Waals surface area (Å²) in [4.78, 5) is 37.2. The van der Waals surface area contributed by atoms with Crippen LogP contribution in [-0.4, -0.2) is 68.0 Å². The second-order valence-corrected chi connectivity index (χ2v) is 8.79. The minimum absolute atomic E-state index is 0.158. The zero-order valence-electron chi connectivity index (χ0n) is 19.6. The Balaban J connectivity index is 1.27. The smallest absolute Gasteiger partial charge is 0.337 e. The molecule has 2 heterocycles. The van der Waals surface area contributed by atoms with Crippen molar-refractivity contribution in [3.05, 3.63) is 66.5 Å². The average Bonchev–Trinajstić information content (AvgIpc) is 2.92. The number of hydrogen-bond donors (Lipinski definition) is 1. The zero-order valence-corrected chi connectivity index (χ0v) is 20.5. The van der Waals surface area contributed by atoms with Gasteiger partial charge in [0.05, 0.1) is 25.5 Å². The highest BCUT2D eigenvalue weighted by atomic mass is 32.2. The second-order valence-electron chi connectivity index (χ2n) is 7.79. The molecule has 1 saturated heterocycles. The van der Waals surface area contributed by atoms with Crippen LogP contribution in [0.3, 0.4) is 0 Å². The highest BCUT2D eigenvalue weighted by Gasteiger charge is 2.19. The zero-order chi connectivity index (χ0) is 24.6. The normalized spacial score (nSPS) is 13.3. The molecule has 1 N–H and O–H groups in total. The number of benzene rings is 2. The number of carbonyl (C=O) groups excluding carboxylic acids is 2. The molecule has 9 nitrogen and oxygen atoms in total. The number of carbonyl (C=O) groups is 2. The van der Waals surface area contributed by atoms with Gasteiger partial charge in [0, 0.05) is 43.6 Å². The van der Waals surface area contributed by atoms with E-state index in [9.17, 15) is 9.59 Å². The van der Waals surface area contributed by atoms with E-state index in [0.29, 0.717) is 11.3 Å². The van der Waals surface area contributed by atoms with Crippen molar-refractivity contribution < 1.29 is 19.1 Å². The minimum Gasteiger partial charge on any atom is -0.497 e. The predicted molar refractivity (Wildman–Crippen MR) is 137 cm³/mol. The first-order valence-corrected chi connectivity index (χ1v) is 12.1. The van der Waals surface area contributed by atoms with Crippen molar-refractivity contribution in [3.63, 3.8) is 0 Å². The van der Waals surface area contributed by atoms with Gasteiger partial charge >= 0.3 is 5.97 Å². The molecule has 1 aliphatic heterocycles. The van der Waals surface area contributed by atoms with E-state index in [2.05, 4.69) is 42.0 Å². The summed E-state index contributed by atoms with van der Waals surface area (Å²) < 4.78 is 9.92. The number of esters is 1. The summed E-state index contributed by atoms with van der Waals surface area (Å²) in [7, 11) is 3.00. The van der Waals surface area contributed by atoms with E-state index >= 15 is 0 Å². The van der Waals surface area contributed by atoms with Gasteiger partial charge in [-0.15, -0.1) is 0 Å². The maximum absolute atomic E-state index is 12.4. The molecule has 35 heavy (non-hydrogen) atoms. The molecule has 0 bridgehead atoms. The summed E-state index contributed by atoms with van der Waals surface area (Å²) in [6.45, 7) is 3.45. The Hall–Kier alpha value is -3.79. The van der Waals surface area contributed by atoms with Crippen LogP contribution >= 0.6 is 11.8 Å². The molecule has 0 saturated carbocycles. The van der Waals surface area contributed by atoms with Crippen molar-refractivity contribution in [1.29, 1.82) is 0 Å². The summed E-state index contributed by atoms with van der Waals surface area (Å²) in [5, 5.41) is 3.56. The maximum Gasteiger partial charge on any atom is 0.337 e. The van der Waals surface area contributed by atoms with Gasteiger partial charge in [0.15, 0.2) is 0 Å². The van der Waals surface area contributed by atoms with Gasteiger partial charge in [-0.3, -0.25) is 4.79 Å². The highest BCUT2D eigenvalue weighted by molar-refractivity contribution is 7.99. The highest BCUT2D eigenvalue weighted by Crippen LogP contribution is 2.24. The van der Waals surface area contributed by atoms with Crippen LogP contribution in [0.5, 0.6) is 5.75 Å². The van der Waals surface area contributed by atoms with Crippen LogP contribution in [0.2, 0.25) is 0 Å². The largest absolute Gasteiger partial charge is 0.497 e.